The quantitative estimate of drug-likeness (QED) is 0.201. The SMILES string of the molecule is Cc1cc(-c2ccc(C=C3SC(=S)N(c4cccc(Cl)c4)C3=O)o2)ccc1[N+](=O)[O-]. The Balaban J connectivity index is 1.60. The van der Waals surface area contributed by atoms with Gasteiger partial charge in [-0.2, -0.15) is 0 Å². The predicted molar refractivity (Wildman–Crippen MR) is 123 cm³/mol. The highest BCUT2D eigenvalue weighted by Gasteiger charge is 2.33. The summed E-state index contributed by atoms with van der Waals surface area (Å²) in [5.74, 6) is 0.772. The van der Waals surface area contributed by atoms with Gasteiger partial charge in [-0.25, -0.2) is 0 Å². The number of nitro groups is 1. The number of furan rings is 1. The average molecular weight is 457 g/mol. The maximum Gasteiger partial charge on any atom is 0.272 e. The minimum Gasteiger partial charge on any atom is -0.457 e. The number of hydrogen-bond donors (Lipinski definition) is 0. The minimum absolute atomic E-state index is 0.0511. The molecule has 2 aromatic carbocycles. The molecular weight excluding hydrogens is 444 g/mol. The number of benzene rings is 2. The summed E-state index contributed by atoms with van der Waals surface area (Å²) in [4.78, 5) is 25.3. The summed E-state index contributed by atoms with van der Waals surface area (Å²) < 4.78 is 6.24. The van der Waals surface area contributed by atoms with Crippen LogP contribution in [0.5, 0.6) is 0 Å². The van der Waals surface area contributed by atoms with Crippen LogP contribution < -0.4 is 4.90 Å². The average Bonchev–Trinajstić information content (AvgIpc) is 3.26. The van der Waals surface area contributed by atoms with Crippen molar-refractivity contribution in [2.75, 3.05) is 4.90 Å². The number of carbonyl (C=O) groups is 1. The summed E-state index contributed by atoms with van der Waals surface area (Å²) in [7, 11) is 0. The summed E-state index contributed by atoms with van der Waals surface area (Å²) in [6.45, 7) is 1.67. The molecular formula is C21H13ClN2O4S2. The van der Waals surface area contributed by atoms with E-state index < -0.39 is 4.92 Å². The van der Waals surface area contributed by atoms with E-state index >= 15 is 0 Å². The van der Waals surface area contributed by atoms with E-state index in [0.717, 1.165) is 0 Å². The molecule has 9 heteroatoms. The zero-order valence-electron chi connectivity index (χ0n) is 15.5. The third-order valence-electron chi connectivity index (χ3n) is 4.44. The normalized spacial score (nSPS) is 15.3. The van der Waals surface area contributed by atoms with Gasteiger partial charge >= 0.3 is 0 Å². The first-order valence-corrected chi connectivity index (χ1v) is 10.3. The topological polar surface area (TPSA) is 76.6 Å². The smallest absolute Gasteiger partial charge is 0.272 e. The van der Waals surface area contributed by atoms with E-state index in [1.165, 1.54) is 22.7 Å². The number of aryl methyl sites for hydroxylation is 1. The fourth-order valence-corrected chi connectivity index (χ4v) is 4.50. The Morgan fingerprint density at radius 3 is 2.70 bits per heavy atom. The number of thiocarbonyl (C=S) groups is 1. The van der Waals surface area contributed by atoms with E-state index in [0.29, 0.717) is 42.6 Å². The monoisotopic (exact) mass is 456 g/mol. The number of nitrogens with zero attached hydrogens (tertiary/aromatic N) is 2. The van der Waals surface area contributed by atoms with Crippen LogP contribution in [-0.2, 0) is 4.79 Å². The molecule has 0 N–H and O–H groups in total. The Labute approximate surface area is 186 Å². The van der Waals surface area contributed by atoms with Crippen molar-refractivity contribution < 1.29 is 14.1 Å². The van der Waals surface area contributed by atoms with E-state index in [2.05, 4.69) is 0 Å². The van der Waals surface area contributed by atoms with Crippen LogP contribution in [-0.4, -0.2) is 15.2 Å². The summed E-state index contributed by atoms with van der Waals surface area (Å²) in [5.41, 5.74) is 1.91. The van der Waals surface area contributed by atoms with Crippen molar-refractivity contribution in [3.05, 3.63) is 86.0 Å². The Morgan fingerprint density at radius 2 is 2.00 bits per heavy atom. The lowest BCUT2D eigenvalue weighted by molar-refractivity contribution is -0.385. The number of carbonyl (C=O) groups excluding carboxylic acids is 1. The standard InChI is InChI=1S/C21H13ClN2O4S2/c1-12-9-13(5-7-17(12)24(26)27)18-8-6-16(28-18)11-19-20(25)23(21(29)30-19)15-4-2-3-14(22)10-15/h2-11H,1H3. The van der Waals surface area contributed by atoms with Crippen molar-refractivity contribution in [3.63, 3.8) is 0 Å². The fourth-order valence-electron chi connectivity index (χ4n) is 3.03. The highest BCUT2D eigenvalue weighted by atomic mass is 35.5. The maximum absolute atomic E-state index is 12.9. The maximum atomic E-state index is 12.9. The molecule has 1 fully saturated rings. The van der Waals surface area contributed by atoms with Gasteiger partial charge in [-0.05, 0) is 49.4 Å². The molecule has 150 valence electrons. The second-order valence-electron chi connectivity index (χ2n) is 6.46. The minimum atomic E-state index is -0.422. The van der Waals surface area contributed by atoms with Crippen LogP contribution in [0.4, 0.5) is 11.4 Å². The van der Waals surface area contributed by atoms with Crippen LogP contribution in [0, 0.1) is 17.0 Å². The summed E-state index contributed by atoms with van der Waals surface area (Å²) in [6.07, 6.45) is 1.63. The van der Waals surface area contributed by atoms with Crippen LogP contribution in [0.25, 0.3) is 17.4 Å². The third kappa shape index (κ3) is 3.89. The van der Waals surface area contributed by atoms with Crippen LogP contribution in [0.3, 0.4) is 0 Å². The zero-order valence-corrected chi connectivity index (χ0v) is 17.9. The number of thioether (sulfide) groups is 1. The molecule has 3 aromatic rings. The molecule has 0 unspecified atom stereocenters. The van der Waals surface area contributed by atoms with Gasteiger partial charge in [0.05, 0.1) is 15.5 Å². The second-order valence-corrected chi connectivity index (χ2v) is 8.57. The van der Waals surface area contributed by atoms with Gasteiger partial charge in [0.2, 0.25) is 0 Å². The van der Waals surface area contributed by atoms with Crippen LogP contribution >= 0.6 is 35.6 Å². The largest absolute Gasteiger partial charge is 0.457 e. The molecule has 1 aliphatic rings. The molecule has 2 heterocycles. The molecule has 6 nitrogen and oxygen atoms in total. The third-order valence-corrected chi connectivity index (χ3v) is 5.98. The number of halogens is 1. The van der Waals surface area contributed by atoms with Crippen molar-refractivity contribution >= 4 is 63.3 Å². The lowest BCUT2D eigenvalue weighted by Gasteiger charge is -2.14. The van der Waals surface area contributed by atoms with Crippen LogP contribution in [0.2, 0.25) is 5.02 Å². The molecule has 1 amide bonds. The highest BCUT2D eigenvalue weighted by Crippen LogP contribution is 2.37. The summed E-state index contributed by atoms with van der Waals surface area (Å²) >= 11 is 12.6. The van der Waals surface area contributed by atoms with Crippen molar-refractivity contribution in [2.45, 2.75) is 6.92 Å². The number of nitro benzene ring substituents is 1. The number of anilines is 1. The molecule has 1 aromatic heterocycles. The van der Waals surface area contributed by atoms with E-state index in [1.807, 2.05) is 0 Å². The number of hydrogen-bond acceptors (Lipinski definition) is 6. The molecule has 0 saturated carbocycles. The van der Waals surface area contributed by atoms with E-state index in [1.54, 1.807) is 61.5 Å². The van der Waals surface area contributed by atoms with Crippen molar-refractivity contribution in [1.29, 1.82) is 0 Å². The molecule has 30 heavy (non-hydrogen) atoms. The first-order chi connectivity index (χ1) is 14.3. The van der Waals surface area contributed by atoms with Crippen molar-refractivity contribution in [2.24, 2.45) is 0 Å². The second kappa shape index (κ2) is 8.06. The molecule has 0 aliphatic carbocycles. The van der Waals surface area contributed by atoms with Gasteiger partial charge in [0, 0.05) is 28.3 Å². The predicted octanol–water partition coefficient (Wildman–Crippen LogP) is 6.22. The lowest BCUT2D eigenvalue weighted by atomic mass is 10.1. The number of amides is 1. The van der Waals surface area contributed by atoms with E-state index in [-0.39, 0.29) is 11.6 Å². The molecule has 1 saturated heterocycles. The molecule has 0 spiro atoms. The Morgan fingerprint density at radius 1 is 1.20 bits per heavy atom. The Bertz CT molecular complexity index is 1240. The Kier molecular flexibility index (Phi) is 5.46. The zero-order chi connectivity index (χ0) is 21.4. The van der Waals surface area contributed by atoms with Crippen LogP contribution in [0.1, 0.15) is 11.3 Å². The summed E-state index contributed by atoms with van der Waals surface area (Å²) in [6, 6.07) is 15.2. The van der Waals surface area contributed by atoms with E-state index in [9.17, 15) is 14.9 Å². The highest BCUT2D eigenvalue weighted by molar-refractivity contribution is 8.27. The van der Waals surface area contributed by atoms with E-state index in [4.69, 9.17) is 28.2 Å². The van der Waals surface area contributed by atoms with Gasteiger partial charge in [-0.1, -0.05) is 41.6 Å². The first-order valence-electron chi connectivity index (χ1n) is 8.72. The van der Waals surface area contributed by atoms with Gasteiger partial charge in [-0.3, -0.25) is 19.8 Å². The molecule has 0 bridgehead atoms. The van der Waals surface area contributed by atoms with Crippen molar-refractivity contribution in [1.82, 2.24) is 0 Å². The molecule has 4 rings (SSSR count). The van der Waals surface area contributed by atoms with Crippen molar-refractivity contribution in [3.8, 4) is 11.3 Å². The molecule has 0 atom stereocenters. The van der Waals surface area contributed by atoms with Gasteiger partial charge in [0.25, 0.3) is 11.6 Å². The first kappa shape index (κ1) is 20.3. The number of rotatable bonds is 4. The molecule has 1 aliphatic heterocycles. The fraction of sp³-hybridized carbons (Fsp3) is 0.0476. The van der Waals surface area contributed by atoms with Gasteiger partial charge in [0.15, 0.2) is 4.32 Å². The molecule has 0 radical (unpaired) electrons. The Hall–Kier alpha value is -2.94. The van der Waals surface area contributed by atoms with Gasteiger partial charge in [0.1, 0.15) is 11.5 Å². The summed E-state index contributed by atoms with van der Waals surface area (Å²) in [5, 5.41) is 11.5. The van der Waals surface area contributed by atoms with Gasteiger partial charge < -0.3 is 4.42 Å². The lowest BCUT2D eigenvalue weighted by Crippen LogP contribution is -2.27. The van der Waals surface area contributed by atoms with Gasteiger partial charge in [-0.15, -0.1) is 0 Å². The van der Waals surface area contributed by atoms with Crippen LogP contribution in [0.15, 0.2) is 63.9 Å².